The normalized spacial score (nSPS) is 13.6. The van der Waals surface area contributed by atoms with E-state index in [0.29, 0.717) is 18.2 Å². The predicted molar refractivity (Wildman–Crippen MR) is 74.5 cm³/mol. The molecule has 1 amide bonds. The molecule has 1 aliphatic heterocycles. The van der Waals surface area contributed by atoms with Crippen LogP contribution in [0.2, 0.25) is 0 Å². The molecular formula is C11H18ClN3O2S. The summed E-state index contributed by atoms with van der Waals surface area (Å²) >= 11 is 1.52. The molecule has 0 atom stereocenters. The van der Waals surface area contributed by atoms with Crippen LogP contribution >= 0.6 is 23.7 Å². The van der Waals surface area contributed by atoms with Crippen molar-refractivity contribution in [3.05, 3.63) is 10.6 Å². The number of hydrogen-bond acceptors (Lipinski definition) is 5. The van der Waals surface area contributed by atoms with Crippen LogP contribution in [0.5, 0.6) is 0 Å². The molecule has 0 spiro atoms. The van der Waals surface area contributed by atoms with Gasteiger partial charge in [0.05, 0.1) is 23.8 Å². The number of hydrogen-bond donors (Lipinski definition) is 2. The van der Waals surface area contributed by atoms with Gasteiger partial charge in [0.2, 0.25) is 5.91 Å². The Morgan fingerprint density at radius 2 is 2.39 bits per heavy atom. The Hall–Kier alpha value is -0.690. The maximum atomic E-state index is 11.6. The molecule has 1 aliphatic rings. The van der Waals surface area contributed by atoms with Crippen molar-refractivity contribution >= 4 is 34.8 Å². The van der Waals surface area contributed by atoms with Crippen molar-refractivity contribution in [1.82, 2.24) is 10.3 Å². The summed E-state index contributed by atoms with van der Waals surface area (Å²) in [5.74, 6) is 0.0345. The predicted octanol–water partition coefficient (Wildman–Crippen LogP) is 1.58. The summed E-state index contributed by atoms with van der Waals surface area (Å²) in [6.45, 7) is 2.21. The van der Waals surface area contributed by atoms with Crippen molar-refractivity contribution in [2.24, 2.45) is 0 Å². The molecule has 0 aliphatic carbocycles. The van der Waals surface area contributed by atoms with E-state index in [2.05, 4.69) is 15.6 Å². The molecule has 0 saturated carbocycles. The molecule has 2 rings (SSSR count). The lowest BCUT2D eigenvalue weighted by atomic mass is 10.2. The number of nitrogens with one attached hydrogen (secondary N) is 2. The molecule has 1 aromatic heterocycles. The molecule has 0 unspecified atom stereocenters. The second-order valence-corrected chi connectivity index (χ2v) is 5.03. The van der Waals surface area contributed by atoms with E-state index in [0.717, 1.165) is 36.6 Å². The highest BCUT2D eigenvalue weighted by atomic mass is 35.5. The summed E-state index contributed by atoms with van der Waals surface area (Å²) in [5.41, 5.74) is 1.08. The molecule has 102 valence electrons. The minimum Gasteiger partial charge on any atom is -0.375 e. The highest BCUT2D eigenvalue weighted by Crippen LogP contribution is 2.26. The number of thiazole rings is 1. The van der Waals surface area contributed by atoms with Crippen LogP contribution in [0, 0.1) is 0 Å². The van der Waals surface area contributed by atoms with Gasteiger partial charge in [0.25, 0.3) is 0 Å². The number of amides is 1. The Morgan fingerprint density at radius 1 is 1.56 bits per heavy atom. The standard InChI is InChI=1S/C11H17N3O2S.ClH/c1-12-5-2-3-10(15)14-11-13-8-4-6-16-7-9(8)17-11;/h12H,2-7H2,1H3,(H,13,14,15);1H. The first-order chi connectivity index (χ1) is 8.29. The molecule has 0 aromatic carbocycles. The van der Waals surface area contributed by atoms with Crippen molar-refractivity contribution < 1.29 is 9.53 Å². The third-order valence-electron chi connectivity index (χ3n) is 2.57. The fourth-order valence-corrected chi connectivity index (χ4v) is 2.65. The smallest absolute Gasteiger partial charge is 0.226 e. The van der Waals surface area contributed by atoms with E-state index in [-0.39, 0.29) is 18.3 Å². The Balaban J connectivity index is 0.00000162. The van der Waals surface area contributed by atoms with Crippen molar-refractivity contribution in [2.75, 3.05) is 25.5 Å². The molecule has 1 aromatic rings. The first-order valence-corrected chi connectivity index (χ1v) is 6.62. The van der Waals surface area contributed by atoms with E-state index < -0.39 is 0 Å². The van der Waals surface area contributed by atoms with Gasteiger partial charge < -0.3 is 15.4 Å². The van der Waals surface area contributed by atoms with Gasteiger partial charge in [-0.3, -0.25) is 4.79 Å². The van der Waals surface area contributed by atoms with Crippen molar-refractivity contribution in [1.29, 1.82) is 0 Å². The second kappa shape index (κ2) is 7.68. The van der Waals surface area contributed by atoms with Gasteiger partial charge in [-0.25, -0.2) is 4.98 Å². The van der Waals surface area contributed by atoms with Crippen LogP contribution in [0.25, 0.3) is 0 Å². The average molecular weight is 292 g/mol. The van der Waals surface area contributed by atoms with Gasteiger partial charge in [0.1, 0.15) is 0 Å². The van der Waals surface area contributed by atoms with Gasteiger partial charge in [-0.2, -0.15) is 0 Å². The molecule has 0 bridgehead atoms. The highest BCUT2D eigenvalue weighted by Gasteiger charge is 2.16. The molecule has 0 fully saturated rings. The third-order valence-corrected chi connectivity index (χ3v) is 3.56. The number of anilines is 1. The summed E-state index contributed by atoms with van der Waals surface area (Å²) < 4.78 is 5.34. The zero-order valence-electron chi connectivity index (χ0n) is 10.3. The third kappa shape index (κ3) is 4.20. The summed E-state index contributed by atoms with van der Waals surface area (Å²) in [7, 11) is 1.88. The minimum absolute atomic E-state index is 0. The average Bonchev–Trinajstić information content (AvgIpc) is 2.71. The van der Waals surface area contributed by atoms with Crippen LogP contribution in [0.15, 0.2) is 0 Å². The van der Waals surface area contributed by atoms with Crippen LogP contribution in [0.4, 0.5) is 5.13 Å². The number of nitrogens with zero attached hydrogens (tertiary/aromatic N) is 1. The van der Waals surface area contributed by atoms with Crippen LogP contribution < -0.4 is 10.6 Å². The van der Waals surface area contributed by atoms with Gasteiger partial charge in [0, 0.05) is 12.8 Å². The maximum Gasteiger partial charge on any atom is 0.226 e. The van der Waals surface area contributed by atoms with E-state index in [9.17, 15) is 4.79 Å². The Bertz CT molecular complexity index is 374. The van der Waals surface area contributed by atoms with Gasteiger partial charge in [0.15, 0.2) is 5.13 Å². The van der Waals surface area contributed by atoms with Gasteiger partial charge >= 0.3 is 0 Å². The first kappa shape index (κ1) is 15.4. The lowest BCUT2D eigenvalue weighted by molar-refractivity contribution is -0.116. The molecule has 2 heterocycles. The topological polar surface area (TPSA) is 63.2 Å². The quantitative estimate of drug-likeness (QED) is 0.809. The first-order valence-electron chi connectivity index (χ1n) is 5.80. The lowest BCUT2D eigenvalue weighted by Crippen LogP contribution is -2.15. The highest BCUT2D eigenvalue weighted by molar-refractivity contribution is 7.15. The number of aromatic nitrogens is 1. The molecule has 0 radical (unpaired) electrons. The van der Waals surface area contributed by atoms with E-state index in [1.54, 1.807) is 0 Å². The molecule has 0 saturated heterocycles. The van der Waals surface area contributed by atoms with E-state index in [1.165, 1.54) is 11.3 Å². The number of halogens is 1. The number of carbonyl (C=O) groups is 1. The van der Waals surface area contributed by atoms with Crippen LogP contribution in [-0.2, 0) is 22.6 Å². The van der Waals surface area contributed by atoms with Crippen LogP contribution in [-0.4, -0.2) is 31.1 Å². The number of rotatable bonds is 5. The van der Waals surface area contributed by atoms with Gasteiger partial charge in [-0.15, -0.1) is 12.4 Å². The maximum absolute atomic E-state index is 11.6. The summed E-state index contributed by atoms with van der Waals surface area (Å²) in [6, 6.07) is 0. The Kier molecular flexibility index (Phi) is 6.56. The van der Waals surface area contributed by atoms with Gasteiger partial charge in [-0.1, -0.05) is 11.3 Å². The fourth-order valence-electron chi connectivity index (χ4n) is 1.69. The van der Waals surface area contributed by atoms with E-state index in [1.807, 2.05) is 7.05 Å². The number of carbonyl (C=O) groups excluding carboxylic acids is 1. The lowest BCUT2D eigenvalue weighted by Gasteiger charge is -2.08. The fraction of sp³-hybridized carbons (Fsp3) is 0.636. The number of ether oxygens (including phenoxy) is 1. The number of fused-ring (bicyclic) bond motifs is 1. The zero-order chi connectivity index (χ0) is 12.1. The van der Waals surface area contributed by atoms with E-state index >= 15 is 0 Å². The van der Waals surface area contributed by atoms with Crippen molar-refractivity contribution in [3.63, 3.8) is 0 Å². The van der Waals surface area contributed by atoms with Crippen LogP contribution in [0.1, 0.15) is 23.4 Å². The molecule has 5 nitrogen and oxygen atoms in total. The molecule has 7 heteroatoms. The Labute approximate surface area is 117 Å². The summed E-state index contributed by atoms with van der Waals surface area (Å²) in [5, 5.41) is 6.56. The van der Waals surface area contributed by atoms with Crippen LogP contribution in [0.3, 0.4) is 0 Å². The van der Waals surface area contributed by atoms with E-state index in [4.69, 9.17) is 4.74 Å². The van der Waals surface area contributed by atoms with Crippen molar-refractivity contribution in [2.45, 2.75) is 25.9 Å². The monoisotopic (exact) mass is 291 g/mol. The van der Waals surface area contributed by atoms with Gasteiger partial charge in [-0.05, 0) is 20.0 Å². The zero-order valence-corrected chi connectivity index (χ0v) is 12.0. The summed E-state index contributed by atoms with van der Waals surface area (Å²) in [6.07, 6.45) is 2.22. The Morgan fingerprint density at radius 3 is 3.11 bits per heavy atom. The minimum atomic E-state index is 0. The SMILES string of the molecule is CNCCCC(=O)Nc1nc2c(s1)COCC2.Cl. The molecule has 18 heavy (non-hydrogen) atoms. The van der Waals surface area contributed by atoms with Crippen molar-refractivity contribution in [3.8, 4) is 0 Å². The largest absolute Gasteiger partial charge is 0.375 e. The second-order valence-electron chi connectivity index (χ2n) is 3.95. The summed E-state index contributed by atoms with van der Waals surface area (Å²) in [4.78, 5) is 17.1. The molecule has 2 N–H and O–H groups in total. The molecular weight excluding hydrogens is 274 g/mol.